The zero-order chi connectivity index (χ0) is 14.5. The van der Waals surface area contributed by atoms with E-state index in [0.717, 1.165) is 0 Å². The van der Waals surface area contributed by atoms with Crippen LogP contribution in [0.15, 0.2) is 48.5 Å². The van der Waals surface area contributed by atoms with Gasteiger partial charge in [-0.3, -0.25) is 10.4 Å². The standard InChI is InChI=1S/C14H16N2O4/c1-19-13-9-5-3-7-11(13)15(17)16(18)12-8-4-6-10-14(12)20-2/h3-10,17-18H,1-2H3. The van der Waals surface area contributed by atoms with Crippen LogP contribution in [0.5, 0.6) is 11.5 Å². The van der Waals surface area contributed by atoms with Crippen LogP contribution in [0.4, 0.5) is 11.4 Å². The molecule has 0 bridgehead atoms. The minimum Gasteiger partial charge on any atom is -0.494 e. The van der Waals surface area contributed by atoms with Crippen LogP contribution in [-0.4, -0.2) is 24.6 Å². The normalized spacial score (nSPS) is 10.0. The Kier molecular flexibility index (Phi) is 4.29. The van der Waals surface area contributed by atoms with E-state index in [-0.39, 0.29) is 0 Å². The van der Waals surface area contributed by atoms with Crippen LogP contribution in [0, 0.1) is 0 Å². The van der Waals surface area contributed by atoms with E-state index < -0.39 is 0 Å². The van der Waals surface area contributed by atoms with E-state index in [1.165, 1.54) is 14.2 Å². The van der Waals surface area contributed by atoms with Gasteiger partial charge in [-0.05, 0) is 24.3 Å². The molecule has 0 aromatic heterocycles. The largest absolute Gasteiger partial charge is 0.494 e. The third-order valence-corrected chi connectivity index (χ3v) is 2.78. The molecule has 0 atom stereocenters. The van der Waals surface area contributed by atoms with Gasteiger partial charge in [0.1, 0.15) is 22.9 Å². The SMILES string of the molecule is COc1ccccc1N(O)N(O)c1ccccc1OC. The van der Waals surface area contributed by atoms with Crippen LogP contribution < -0.4 is 19.8 Å². The van der Waals surface area contributed by atoms with E-state index in [0.29, 0.717) is 33.2 Å². The fourth-order valence-corrected chi connectivity index (χ4v) is 1.79. The third kappa shape index (κ3) is 2.61. The average molecular weight is 276 g/mol. The van der Waals surface area contributed by atoms with Crippen molar-refractivity contribution in [3.63, 3.8) is 0 Å². The van der Waals surface area contributed by atoms with Crippen LogP contribution in [-0.2, 0) is 0 Å². The molecule has 2 rings (SSSR count). The first-order valence-corrected chi connectivity index (χ1v) is 5.93. The van der Waals surface area contributed by atoms with Gasteiger partial charge < -0.3 is 9.47 Å². The van der Waals surface area contributed by atoms with Gasteiger partial charge in [0.2, 0.25) is 0 Å². The van der Waals surface area contributed by atoms with Gasteiger partial charge >= 0.3 is 0 Å². The quantitative estimate of drug-likeness (QED) is 0.819. The highest BCUT2D eigenvalue weighted by Crippen LogP contribution is 2.32. The number of benzene rings is 2. The molecule has 0 radical (unpaired) electrons. The van der Waals surface area contributed by atoms with Gasteiger partial charge in [0, 0.05) is 0 Å². The predicted octanol–water partition coefficient (Wildman–Crippen LogP) is 2.71. The van der Waals surface area contributed by atoms with Crippen molar-refractivity contribution in [2.75, 3.05) is 24.6 Å². The number of rotatable bonds is 5. The molecule has 6 heteroatoms. The van der Waals surface area contributed by atoms with E-state index in [1.54, 1.807) is 48.5 Å². The second-order valence-corrected chi connectivity index (χ2v) is 3.92. The van der Waals surface area contributed by atoms with Crippen molar-refractivity contribution in [2.45, 2.75) is 0 Å². The second kappa shape index (κ2) is 6.14. The number of hydrogen-bond donors (Lipinski definition) is 2. The van der Waals surface area contributed by atoms with E-state index >= 15 is 0 Å². The van der Waals surface area contributed by atoms with Gasteiger partial charge in [-0.2, -0.15) is 0 Å². The molecule has 2 aromatic carbocycles. The highest BCUT2D eigenvalue weighted by atomic mass is 16.7. The van der Waals surface area contributed by atoms with Gasteiger partial charge in [0.25, 0.3) is 0 Å². The van der Waals surface area contributed by atoms with E-state index in [2.05, 4.69) is 0 Å². The van der Waals surface area contributed by atoms with Crippen molar-refractivity contribution in [1.29, 1.82) is 0 Å². The minimum atomic E-state index is 0.295. The van der Waals surface area contributed by atoms with Crippen LogP contribution in [0.3, 0.4) is 0 Å². The summed E-state index contributed by atoms with van der Waals surface area (Å²) in [5, 5.41) is 21.5. The molecule has 2 N–H and O–H groups in total. The van der Waals surface area contributed by atoms with Crippen molar-refractivity contribution in [1.82, 2.24) is 0 Å². The maximum absolute atomic E-state index is 10.1. The van der Waals surface area contributed by atoms with Crippen molar-refractivity contribution < 1.29 is 19.9 Å². The maximum Gasteiger partial charge on any atom is 0.146 e. The molecule has 0 aliphatic heterocycles. The molecule has 6 nitrogen and oxygen atoms in total. The van der Waals surface area contributed by atoms with E-state index in [9.17, 15) is 10.4 Å². The number of hydrazine groups is 1. The summed E-state index contributed by atoms with van der Waals surface area (Å²) in [7, 11) is 2.97. The lowest BCUT2D eigenvalue weighted by Gasteiger charge is -2.28. The first kappa shape index (κ1) is 14.0. The lowest BCUT2D eigenvalue weighted by molar-refractivity contribution is 0.115. The van der Waals surface area contributed by atoms with Gasteiger partial charge in [-0.1, -0.05) is 24.3 Å². The molecule has 2 aromatic rings. The van der Waals surface area contributed by atoms with Gasteiger partial charge in [0.15, 0.2) is 0 Å². The summed E-state index contributed by atoms with van der Waals surface area (Å²) in [4.78, 5) is 0. The van der Waals surface area contributed by atoms with Crippen LogP contribution in [0.25, 0.3) is 0 Å². The Labute approximate surface area is 116 Å². The molecule has 0 aliphatic rings. The summed E-state index contributed by atoms with van der Waals surface area (Å²) in [6, 6.07) is 13.5. The summed E-state index contributed by atoms with van der Waals surface area (Å²) in [5.74, 6) is 0.841. The number of methoxy groups -OCH3 is 2. The molecule has 0 heterocycles. The minimum absolute atomic E-state index is 0.295. The number of para-hydroxylation sites is 4. The van der Waals surface area contributed by atoms with Gasteiger partial charge in [-0.15, -0.1) is 10.3 Å². The van der Waals surface area contributed by atoms with Crippen LogP contribution in [0.1, 0.15) is 0 Å². The number of ether oxygens (including phenoxy) is 2. The molecular formula is C14H16N2O4. The van der Waals surface area contributed by atoms with Gasteiger partial charge in [-0.25, -0.2) is 0 Å². The summed E-state index contributed by atoms with van der Waals surface area (Å²) >= 11 is 0. The molecular weight excluding hydrogens is 260 g/mol. The lowest BCUT2D eigenvalue weighted by Crippen LogP contribution is -2.38. The van der Waals surface area contributed by atoms with Crippen molar-refractivity contribution in [2.24, 2.45) is 0 Å². The fourth-order valence-electron chi connectivity index (χ4n) is 1.79. The fraction of sp³-hybridized carbons (Fsp3) is 0.143. The summed E-state index contributed by atoms with van der Waals surface area (Å²) in [6.45, 7) is 0. The van der Waals surface area contributed by atoms with Crippen molar-refractivity contribution in [3.8, 4) is 11.5 Å². The number of hydrogen-bond acceptors (Lipinski definition) is 6. The monoisotopic (exact) mass is 276 g/mol. The Bertz CT molecular complexity index is 525. The van der Waals surface area contributed by atoms with E-state index in [4.69, 9.17) is 9.47 Å². The first-order chi connectivity index (χ1) is 9.69. The summed E-state index contributed by atoms with van der Waals surface area (Å²) < 4.78 is 10.3. The Morgan fingerprint density at radius 2 is 1.05 bits per heavy atom. The molecule has 106 valence electrons. The smallest absolute Gasteiger partial charge is 0.146 e. The number of anilines is 2. The molecule has 0 amide bonds. The Morgan fingerprint density at radius 3 is 1.40 bits per heavy atom. The number of nitrogens with zero attached hydrogens (tertiary/aromatic N) is 2. The predicted molar refractivity (Wildman–Crippen MR) is 74.5 cm³/mol. The third-order valence-electron chi connectivity index (χ3n) is 2.78. The Morgan fingerprint density at radius 1 is 0.700 bits per heavy atom. The zero-order valence-corrected chi connectivity index (χ0v) is 11.2. The molecule has 0 saturated carbocycles. The summed E-state index contributed by atoms with van der Waals surface area (Å²) in [6.07, 6.45) is 0. The first-order valence-electron chi connectivity index (χ1n) is 5.93. The van der Waals surface area contributed by atoms with Crippen LogP contribution in [0.2, 0.25) is 0 Å². The maximum atomic E-state index is 10.1. The van der Waals surface area contributed by atoms with Crippen molar-refractivity contribution >= 4 is 11.4 Å². The molecule has 0 spiro atoms. The van der Waals surface area contributed by atoms with Gasteiger partial charge in [0.05, 0.1) is 14.2 Å². The summed E-state index contributed by atoms with van der Waals surface area (Å²) in [5.41, 5.74) is 0.590. The molecule has 0 unspecified atom stereocenters. The second-order valence-electron chi connectivity index (χ2n) is 3.92. The molecule has 20 heavy (non-hydrogen) atoms. The average Bonchev–Trinajstić information content (AvgIpc) is 2.53. The highest BCUT2D eigenvalue weighted by molar-refractivity contribution is 5.64. The highest BCUT2D eigenvalue weighted by Gasteiger charge is 2.19. The Hall–Kier alpha value is -2.44. The van der Waals surface area contributed by atoms with Crippen molar-refractivity contribution in [3.05, 3.63) is 48.5 Å². The van der Waals surface area contributed by atoms with Crippen LogP contribution >= 0.6 is 0 Å². The zero-order valence-electron chi connectivity index (χ0n) is 11.2. The topological polar surface area (TPSA) is 65.4 Å². The Balaban J connectivity index is 2.35. The molecule has 0 aliphatic carbocycles. The molecule has 0 fully saturated rings. The molecule has 0 saturated heterocycles. The lowest BCUT2D eigenvalue weighted by atomic mass is 10.3. The van der Waals surface area contributed by atoms with E-state index in [1.807, 2.05) is 0 Å².